The summed E-state index contributed by atoms with van der Waals surface area (Å²) in [5.41, 5.74) is 12.7. The number of amides is 1. The van der Waals surface area contributed by atoms with E-state index in [1.165, 1.54) is 10.9 Å². The first kappa shape index (κ1) is 11.2. The van der Waals surface area contributed by atoms with Gasteiger partial charge in [-0.15, -0.1) is 0 Å². The van der Waals surface area contributed by atoms with Crippen LogP contribution in [-0.2, 0) is 0 Å². The minimum Gasteiger partial charge on any atom is -0.396 e. The van der Waals surface area contributed by atoms with Gasteiger partial charge in [-0.1, -0.05) is 0 Å². The molecule has 0 bridgehead atoms. The summed E-state index contributed by atoms with van der Waals surface area (Å²) in [6.07, 6.45) is 4.83. The van der Waals surface area contributed by atoms with Crippen LogP contribution in [0.5, 0.6) is 0 Å². The van der Waals surface area contributed by atoms with Crippen LogP contribution >= 0.6 is 0 Å². The highest BCUT2D eigenvalue weighted by atomic mass is 16.1. The lowest BCUT2D eigenvalue weighted by Crippen LogP contribution is -2.14. The molecular formula is C11H11N7O. The molecule has 3 rings (SSSR count). The molecule has 0 radical (unpaired) electrons. The van der Waals surface area contributed by atoms with Crippen LogP contribution in [0.25, 0.3) is 11.3 Å². The van der Waals surface area contributed by atoms with Crippen LogP contribution in [0, 0.1) is 6.92 Å². The first-order valence-electron chi connectivity index (χ1n) is 5.52. The maximum absolute atomic E-state index is 11.2. The number of fused-ring (bicyclic) bond motifs is 1. The fraction of sp³-hybridized carbons (Fsp3) is 0.0909. The normalized spacial score (nSPS) is 11.0. The van der Waals surface area contributed by atoms with E-state index in [0.29, 0.717) is 5.82 Å². The molecule has 0 spiro atoms. The van der Waals surface area contributed by atoms with Gasteiger partial charge in [0.25, 0.3) is 5.91 Å². The lowest BCUT2D eigenvalue weighted by molar-refractivity contribution is 0.0996. The molecule has 1 amide bonds. The fourth-order valence-electron chi connectivity index (χ4n) is 1.89. The number of nitrogens with two attached hydrogens (primary N) is 2. The molecule has 19 heavy (non-hydrogen) atoms. The molecule has 0 saturated heterocycles. The molecule has 8 nitrogen and oxygen atoms in total. The molecular weight excluding hydrogens is 246 g/mol. The van der Waals surface area contributed by atoms with Gasteiger partial charge in [-0.2, -0.15) is 10.2 Å². The second-order valence-corrected chi connectivity index (χ2v) is 4.11. The molecule has 0 saturated carbocycles. The summed E-state index contributed by atoms with van der Waals surface area (Å²) < 4.78 is 3.10. The van der Waals surface area contributed by atoms with Crippen molar-refractivity contribution in [2.45, 2.75) is 6.92 Å². The summed E-state index contributed by atoms with van der Waals surface area (Å²) in [6.45, 7) is 1.88. The number of anilines is 1. The number of rotatable bonds is 2. The van der Waals surface area contributed by atoms with E-state index in [1.54, 1.807) is 16.9 Å². The molecule has 4 N–H and O–H groups in total. The Kier molecular flexibility index (Phi) is 2.24. The van der Waals surface area contributed by atoms with Crippen molar-refractivity contribution in [2.24, 2.45) is 5.73 Å². The predicted octanol–water partition coefficient (Wildman–Crippen LogP) is -0.0955. The summed E-state index contributed by atoms with van der Waals surface area (Å²) in [6, 6.07) is 1.87. The Labute approximate surface area is 107 Å². The zero-order valence-corrected chi connectivity index (χ0v) is 10.1. The standard InChI is InChI=1S/C11H11N7O/c1-6-4-8-11(14-2-3-17(8)15-6)18-5-7(12)9(16-18)10(13)19/h2-5H,12H2,1H3,(H2,13,19). The molecule has 3 heterocycles. The van der Waals surface area contributed by atoms with Crippen LogP contribution < -0.4 is 11.5 Å². The lowest BCUT2D eigenvalue weighted by Gasteiger charge is -2.01. The number of hydrogen-bond acceptors (Lipinski definition) is 5. The molecule has 0 aliphatic heterocycles. The number of primary amides is 1. The number of aryl methyl sites for hydroxylation is 1. The van der Waals surface area contributed by atoms with Crippen molar-refractivity contribution in [3.8, 4) is 5.82 Å². The highest BCUT2D eigenvalue weighted by molar-refractivity contribution is 5.95. The first-order chi connectivity index (χ1) is 9.06. The second kappa shape index (κ2) is 3.80. The molecule has 3 aromatic rings. The number of aromatic nitrogens is 5. The zero-order valence-electron chi connectivity index (χ0n) is 10.1. The molecule has 96 valence electrons. The Morgan fingerprint density at radius 3 is 2.84 bits per heavy atom. The number of nitrogens with zero attached hydrogens (tertiary/aromatic N) is 5. The van der Waals surface area contributed by atoms with E-state index in [9.17, 15) is 4.79 Å². The van der Waals surface area contributed by atoms with E-state index in [4.69, 9.17) is 11.5 Å². The predicted molar refractivity (Wildman–Crippen MR) is 67.8 cm³/mol. The average molecular weight is 257 g/mol. The number of nitrogen functional groups attached to an aromatic ring is 1. The topological polar surface area (TPSA) is 117 Å². The van der Waals surface area contributed by atoms with Gasteiger partial charge in [-0.3, -0.25) is 4.79 Å². The van der Waals surface area contributed by atoms with Crippen LogP contribution in [0.3, 0.4) is 0 Å². The molecule has 8 heteroatoms. The smallest absolute Gasteiger partial charge is 0.271 e. The number of hydrogen-bond donors (Lipinski definition) is 2. The molecule has 0 aliphatic rings. The van der Waals surface area contributed by atoms with Crippen molar-refractivity contribution in [1.82, 2.24) is 24.4 Å². The van der Waals surface area contributed by atoms with Crippen LogP contribution in [0.1, 0.15) is 16.2 Å². The highest BCUT2D eigenvalue weighted by Gasteiger charge is 2.15. The van der Waals surface area contributed by atoms with Gasteiger partial charge in [0.05, 0.1) is 17.6 Å². The Bertz CT molecular complexity index is 786. The van der Waals surface area contributed by atoms with Gasteiger partial charge in [-0.05, 0) is 13.0 Å². The molecule has 0 unspecified atom stereocenters. The van der Waals surface area contributed by atoms with E-state index >= 15 is 0 Å². The average Bonchev–Trinajstić information content (AvgIpc) is 2.90. The van der Waals surface area contributed by atoms with Crippen molar-refractivity contribution in [3.63, 3.8) is 0 Å². The maximum atomic E-state index is 11.2. The van der Waals surface area contributed by atoms with Crippen molar-refractivity contribution in [1.29, 1.82) is 0 Å². The third-order valence-electron chi connectivity index (χ3n) is 2.68. The number of carbonyl (C=O) groups is 1. The van der Waals surface area contributed by atoms with Gasteiger partial charge in [0.2, 0.25) is 0 Å². The Morgan fingerprint density at radius 2 is 2.16 bits per heavy atom. The monoisotopic (exact) mass is 257 g/mol. The van der Waals surface area contributed by atoms with Crippen LogP contribution in [0.15, 0.2) is 24.7 Å². The molecule has 3 aromatic heterocycles. The lowest BCUT2D eigenvalue weighted by atomic mass is 10.4. The Morgan fingerprint density at radius 1 is 1.37 bits per heavy atom. The van der Waals surface area contributed by atoms with Gasteiger partial charge in [0, 0.05) is 12.4 Å². The summed E-state index contributed by atoms with van der Waals surface area (Å²) in [7, 11) is 0. The number of carbonyl (C=O) groups excluding carboxylic acids is 1. The Balaban J connectivity index is 2.24. The molecule has 0 aromatic carbocycles. The largest absolute Gasteiger partial charge is 0.396 e. The third-order valence-corrected chi connectivity index (χ3v) is 2.68. The molecule has 0 atom stereocenters. The van der Waals surface area contributed by atoms with Crippen LogP contribution in [0.2, 0.25) is 0 Å². The summed E-state index contributed by atoms with van der Waals surface area (Å²) >= 11 is 0. The van der Waals surface area contributed by atoms with Crippen molar-refractivity contribution < 1.29 is 4.79 Å². The maximum Gasteiger partial charge on any atom is 0.271 e. The van der Waals surface area contributed by atoms with Crippen molar-refractivity contribution in [2.75, 3.05) is 5.73 Å². The van der Waals surface area contributed by atoms with Crippen molar-refractivity contribution in [3.05, 3.63) is 36.0 Å². The summed E-state index contributed by atoms with van der Waals surface area (Å²) in [5.74, 6) is -0.143. The van der Waals surface area contributed by atoms with Gasteiger partial charge in [0.15, 0.2) is 11.5 Å². The van der Waals surface area contributed by atoms with E-state index in [2.05, 4.69) is 15.2 Å². The van der Waals surface area contributed by atoms with Gasteiger partial charge in [-0.25, -0.2) is 14.2 Å². The van der Waals surface area contributed by atoms with Crippen molar-refractivity contribution >= 4 is 17.1 Å². The summed E-state index contributed by atoms with van der Waals surface area (Å²) in [4.78, 5) is 15.4. The van der Waals surface area contributed by atoms with Crippen LogP contribution in [0.4, 0.5) is 5.69 Å². The Hall–Kier alpha value is -2.90. The van der Waals surface area contributed by atoms with Gasteiger partial charge < -0.3 is 11.5 Å². The minimum absolute atomic E-state index is 0.0278. The third kappa shape index (κ3) is 1.69. The SMILES string of the molecule is Cc1cc2c(-n3cc(N)c(C(N)=O)n3)nccn2n1. The quantitative estimate of drug-likeness (QED) is 0.665. The van der Waals surface area contributed by atoms with Crippen LogP contribution in [-0.4, -0.2) is 30.3 Å². The van der Waals surface area contributed by atoms with E-state index in [1.807, 2.05) is 13.0 Å². The van der Waals surface area contributed by atoms with E-state index in [0.717, 1.165) is 11.2 Å². The first-order valence-corrected chi connectivity index (χ1v) is 5.52. The molecule has 0 aliphatic carbocycles. The highest BCUT2D eigenvalue weighted by Crippen LogP contribution is 2.17. The van der Waals surface area contributed by atoms with Gasteiger partial charge in [0.1, 0.15) is 5.52 Å². The minimum atomic E-state index is -0.673. The second-order valence-electron chi connectivity index (χ2n) is 4.11. The van der Waals surface area contributed by atoms with E-state index < -0.39 is 5.91 Å². The van der Waals surface area contributed by atoms with E-state index in [-0.39, 0.29) is 11.4 Å². The molecule has 0 fully saturated rings. The summed E-state index contributed by atoms with van der Waals surface area (Å²) in [5, 5.41) is 8.33. The fourth-order valence-corrected chi connectivity index (χ4v) is 1.89. The van der Waals surface area contributed by atoms with Gasteiger partial charge >= 0.3 is 0 Å². The zero-order chi connectivity index (χ0) is 13.6.